The zero-order valence-electron chi connectivity index (χ0n) is 34.5. The number of nitrogens with zero attached hydrogens (tertiary/aromatic N) is 2. The fourth-order valence-electron chi connectivity index (χ4n) is 8.51. The summed E-state index contributed by atoms with van der Waals surface area (Å²) in [7, 11) is -4.08. The predicted octanol–water partition coefficient (Wildman–Crippen LogP) is 5.62. The van der Waals surface area contributed by atoms with Crippen molar-refractivity contribution < 1.29 is 55.0 Å². The second-order valence-electron chi connectivity index (χ2n) is 17.9. The van der Waals surface area contributed by atoms with Crippen molar-refractivity contribution in [1.82, 2.24) is 25.2 Å². The van der Waals surface area contributed by atoms with E-state index in [2.05, 4.69) is 15.4 Å². The number of nitrogens with one attached hydrogen (secondary N) is 3. The maximum atomic E-state index is 15.0. The number of aromatic nitrogens is 1. The molecule has 60 heavy (non-hydrogen) atoms. The maximum absolute atomic E-state index is 15.0. The summed E-state index contributed by atoms with van der Waals surface area (Å²) in [5, 5.41) is 6.70. The van der Waals surface area contributed by atoms with E-state index in [1.54, 1.807) is 19.9 Å². The molecule has 2 aliphatic carbocycles. The van der Waals surface area contributed by atoms with E-state index >= 15 is 0 Å². The van der Waals surface area contributed by atoms with Crippen LogP contribution in [0.5, 0.6) is 11.6 Å². The Kier molecular flexibility index (Phi) is 11.6. The first-order valence-corrected chi connectivity index (χ1v) is 22.3. The van der Waals surface area contributed by atoms with Gasteiger partial charge in [0.05, 0.1) is 23.6 Å². The number of ether oxygens (including phenoxy) is 3. The van der Waals surface area contributed by atoms with Gasteiger partial charge in [0.25, 0.3) is 5.91 Å². The highest BCUT2D eigenvalue weighted by Crippen LogP contribution is 2.48. The van der Waals surface area contributed by atoms with Gasteiger partial charge >= 0.3 is 12.3 Å². The van der Waals surface area contributed by atoms with Crippen molar-refractivity contribution >= 4 is 44.6 Å². The van der Waals surface area contributed by atoms with E-state index in [0.717, 1.165) is 11.8 Å². The molecule has 0 bridgehead atoms. The van der Waals surface area contributed by atoms with Gasteiger partial charge in [-0.15, -0.1) is 0 Å². The summed E-state index contributed by atoms with van der Waals surface area (Å²) >= 11 is 0. The van der Waals surface area contributed by atoms with Gasteiger partial charge in [-0.25, -0.2) is 18.2 Å². The Bertz CT molecular complexity index is 2180. The summed E-state index contributed by atoms with van der Waals surface area (Å²) in [5.74, 6) is -2.64. The van der Waals surface area contributed by atoms with E-state index in [4.69, 9.17) is 19.2 Å². The summed E-state index contributed by atoms with van der Waals surface area (Å²) in [6, 6.07) is 4.66. The van der Waals surface area contributed by atoms with Crippen molar-refractivity contribution in [1.29, 1.82) is 0 Å². The average Bonchev–Trinajstić information content (AvgIpc) is 4.07. The molecule has 3 fully saturated rings. The zero-order valence-corrected chi connectivity index (χ0v) is 35.3. The van der Waals surface area contributed by atoms with Gasteiger partial charge in [0.1, 0.15) is 29.5 Å². The second-order valence-corrected chi connectivity index (χ2v) is 20.1. The molecule has 4 heterocycles. The van der Waals surface area contributed by atoms with Gasteiger partial charge in [-0.3, -0.25) is 19.1 Å². The number of amides is 4. The lowest BCUT2D eigenvalue weighted by molar-refractivity contribution is -0.244. The number of hydrogen-bond acceptors (Lipinski definition) is 10. The molecule has 14 nitrogen and oxygen atoms in total. The first kappa shape index (κ1) is 43.5. The molecule has 0 spiro atoms. The Morgan fingerprint density at radius 2 is 1.83 bits per heavy atom. The van der Waals surface area contributed by atoms with Crippen molar-refractivity contribution in [3.63, 3.8) is 0 Å². The van der Waals surface area contributed by atoms with Crippen LogP contribution in [-0.4, -0.2) is 95.5 Å². The molecule has 2 aromatic rings. The van der Waals surface area contributed by atoms with Gasteiger partial charge in [0, 0.05) is 23.1 Å². The second kappa shape index (κ2) is 16.0. The van der Waals surface area contributed by atoms with Crippen LogP contribution in [0.25, 0.3) is 10.8 Å². The third-order valence-electron chi connectivity index (χ3n) is 12.9. The number of pyridine rings is 1. The molecule has 7 rings (SSSR count). The quantitative estimate of drug-likeness (QED) is 0.282. The number of alkyl carbamates (subject to hydrolysis) is 1. The Labute approximate surface area is 347 Å². The normalized spacial score (nSPS) is 29.9. The summed E-state index contributed by atoms with van der Waals surface area (Å²) in [4.78, 5) is 63.0. The number of sulfonamides is 1. The van der Waals surface area contributed by atoms with Crippen LogP contribution in [0.4, 0.5) is 18.0 Å². The van der Waals surface area contributed by atoms with Gasteiger partial charge in [0.15, 0.2) is 0 Å². The van der Waals surface area contributed by atoms with Gasteiger partial charge < -0.3 is 29.7 Å². The van der Waals surface area contributed by atoms with Crippen molar-refractivity contribution in [3.05, 3.63) is 42.1 Å². The van der Waals surface area contributed by atoms with Gasteiger partial charge in [-0.05, 0) is 90.0 Å². The third kappa shape index (κ3) is 8.49. The molecular formula is C42H54F3N5O9S. The van der Waals surface area contributed by atoms with Crippen LogP contribution in [0.3, 0.4) is 0 Å². The smallest absolute Gasteiger partial charge is 0.427 e. The van der Waals surface area contributed by atoms with Crippen molar-refractivity contribution in [2.24, 2.45) is 17.8 Å². The molecule has 3 N–H and O–H groups in total. The molecule has 0 unspecified atom stereocenters. The lowest BCUT2D eigenvalue weighted by Gasteiger charge is -2.35. The molecule has 2 saturated carbocycles. The van der Waals surface area contributed by atoms with E-state index in [0.29, 0.717) is 82.2 Å². The Morgan fingerprint density at radius 3 is 2.52 bits per heavy atom. The van der Waals surface area contributed by atoms with E-state index in [-0.39, 0.29) is 31.2 Å². The summed E-state index contributed by atoms with van der Waals surface area (Å²) in [5.41, 5.74) is -3.83. The molecule has 5 aliphatic rings. The van der Waals surface area contributed by atoms with Crippen LogP contribution in [-0.2, 0) is 35.6 Å². The summed E-state index contributed by atoms with van der Waals surface area (Å²) < 4.78 is 86.5. The van der Waals surface area contributed by atoms with E-state index in [1.165, 1.54) is 4.90 Å². The minimum Gasteiger partial charge on any atom is -0.491 e. The molecule has 328 valence electrons. The van der Waals surface area contributed by atoms with Crippen LogP contribution in [0.15, 0.2) is 36.4 Å². The van der Waals surface area contributed by atoms with Crippen LogP contribution in [0, 0.1) is 17.8 Å². The number of rotatable bonds is 8. The molecule has 7 atom stereocenters. The lowest BCUT2D eigenvalue weighted by atomic mass is 9.85. The lowest BCUT2D eigenvalue weighted by Crippen LogP contribution is -2.60. The highest BCUT2D eigenvalue weighted by atomic mass is 32.2. The maximum Gasteiger partial charge on any atom is 0.427 e. The van der Waals surface area contributed by atoms with Crippen LogP contribution in [0.1, 0.15) is 98.1 Å². The van der Waals surface area contributed by atoms with Gasteiger partial charge in [0.2, 0.25) is 33.3 Å². The predicted molar refractivity (Wildman–Crippen MR) is 213 cm³/mol. The summed E-state index contributed by atoms with van der Waals surface area (Å²) in [6.07, 6.45) is 0.535. The highest BCUT2D eigenvalue weighted by molar-refractivity contribution is 7.91. The number of carbonyl (C=O) groups excluding carboxylic acids is 4. The monoisotopic (exact) mass is 861 g/mol. The first-order valence-electron chi connectivity index (χ1n) is 20.8. The standard InChI is InChI=1S/C42H54F3N5O9S/c1-6-25-20-24(2)12-7-8-13-26-22-41(26,37(53)49-60(55,56)40(5)17-18-40)48-34(51)31-21-27(23-50(31)36(52)32(25)47-38(54)59-39(3,4)42(43,44)45)58-35-29-15-10-9-14-28(29)33-30(46-35)16-11-19-57-33/h8-10,13-15,24-27,31-32H,6-7,11-12,16-23H2,1-5H3,(H,47,54)(H,48,51)(H,49,53)/b13-8-/t24-,25-,26-,27-,31+,32+,41-/m1/s1. The SMILES string of the molecule is CC[C@@H]1C[C@H](C)CC/C=C\[C@@H]2C[C@@]2(C(=O)NS(=O)(=O)C2(C)CC2)NC(=O)[C@@H]2C[C@@H](Oc3nc4c(c5ccccc35)OCCC4)CN2C(=O)[C@H]1NC(=O)OC(C)(C)C(F)(F)F. The van der Waals surface area contributed by atoms with Crippen molar-refractivity contribution in [3.8, 4) is 11.6 Å². The van der Waals surface area contributed by atoms with Gasteiger partial charge in [-0.1, -0.05) is 50.6 Å². The topological polar surface area (TPSA) is 182 Å². The molecule has 3 aliphatic heterocycles. The Morgan fingerprint density at radius 1 is 1.12 bits per heavy atom. The minimum absolute atomic E-state index is 0.0290. The highest BCUT2D eigenvalue weighted by Gasteiger charge is 2.63. The first-order chi connectivity index (χ1) is 28.2. The number of alkyl halides is 3. The summed E-state index contributed by atoms with van der Waals surface area (Å²) in [6.45, 7) is 7.07. The zero-order chi connectivity index (χ0) is 43.4. The fourth-order valence-corrected chi connectivity index (χ4v) is 9.82. The van der Waals surface area contributed by atoms with Crippen LogP contribution < -0.4 is 24.8 Å². The molecule has 1 saturated heterocycles. The van der Waals surface area contributed by atoms with E-state index in [1.807, 2.05) is 37.3 Å². The molecule has 1 aromatic heterocycles. The number of allylic oxidation sites excluding steroid dienone is 1. The Balaban J connectivity index is 1.25. The molecule has 1 aromatic carbocycles. The van der Waals surface area contributed by atoms with Crippen LogP contribution >= 0.6 is 0 Å². The van der Waals surface area contributed by atoms with E-state index in [9.17, 15) is 40.8 Å². The largest absolute Gasteiger partial charge is 0.491 e. The minimum atomic E-state index is -4.91. The number of benzene rings is 1. The third-order valence-corrected chi connectivity index (χ3v) is 15.1. The number of fused-ring (bicyclic) bond motifs is 5. The molecule has 4 amide bonds. The Hall–Kier alpha value is -4.61. The van der Waals surface area contributed by atoms with Crippen LogP contribution in [0.2, 0.25) is 0 Å². The molecule has 18 heteroatoms. The fraction of sp³-hybridized carbons (Fsp3) is 0.643. The van der Waals surface area contributed by atoms with Crippen molar-refractivity contribution in [2.75, 3.05) is 13.2 Å². The molecule has 0 radical (unpaired) electrons. The molecular weight excluding hydrogens is 808 g/mol. The number of carbonyl (C=O) groups is 4. The number of halogens is 3. The average molecular weight is 862 g/mol. The number of hydrogen-bond donors (Lipinski definition) is 3. The van der Waals surface area contributed by atoms with Crippen molar-refractivity contribution in [2.45, 2.75) is 139 Å². The number of aryl methyl sites for hydroxylation is 1. The van der Waals surface area contributed by atoms with E-state index < -0.39 is 85.9 Å². The van der Waals surface area contributed by atoms with Gasteiger partial charge in [-0.2, -0.15) is 13.2 Å².